The molecule has 1 atom stereocenters. The average Bonchev–Trinajstić information content (AvgIpc) is 3.35. The van der Waals surface area contributed by atoms with Crippen molar-refractivity contribution in [3.05, 3.63) is 54.0 Å². The van der Waals surface area contributed by atoms with E-state index < -0.39 is 0 Å². The van der Waals surface area contributed by atoms with Crippen molar-refractivity contribution in [3.8, 4) is 0 Å². The van der Waals surface area contributed by atoms with E-state index in [-0.39, 0.29) is 23.8 Å². The molecule has 0 bridgehead atoms. The van der Waals surface area contributed by atoms with Crippen LogP contribution in [0.1, 0.15) is 50.6 Å². The molecule has 1 amide bonds. The molecule has 2 aromatic heterocycles. The van der Waals surface area contributed by atoms with Crippen molar-refractivity contribution in [1.29, 1.82) is 0 Å². The third kappa shape index (κ3) is 4.45. The van der Waals surface area contributed by atoms with Gasteiger partial charge in [-0.3, -0.25) is 9.36 Å². The molecule has 7 heteroatoms. The average molecular weight is 413 g/mol. The molecule has 1 saturated carbocycles. The maximum atomic E-state index is 13.5. The van der Waals surface area contributed by atoms with Crippen LogP contribution in [0.2, 0.25) is 0 Å². The summed E-state index contributed by atoms with van der Waals surface area (Å²) >= 11 is 1.50. The Morgan fingerprint density at radius 1 is 1.31 bits per heavy atom. The lowest BCUT2D eigenvalue weighted by molar-refractivity contribution is -0.125. The fourth-order valence-electron chi connectivity index (χ4n) is 3.92. The summed E-state index contributed by atoms with van der Waals surface area (Å²) in [4.78, 5) is 22.3. The zero-order chi connectivity index (χ0) is 20.2. The van der Waals surface area contributed by atoms with Gasteiger partial charge in [0, 0.05) is 18.0 Å². The standard InChI is InChI=1S/C22H25FN4OS/c1-2-19(21(28)25-17-9-3-4-10-17)27-20-18(11-6-12-24-20)26-22(27)29-14-15-7-5-8-16(23)13-15/h5-8,11-13,17,19H,2-4,9-10,14H2,1H3,(H,25,28)/t19-/m1/s1. The third-order valence-electron chi connectivity index (χ3n) is 5.38. The van der Waals surface area contributed by atoms with Crippen molar-refractivity contribution in [2.45, 2.75) is 62.0 Å². The van der Waals surface area contributed by atoms with Gasteiger partial charge in [-0.15, -0.1) is 0 Å². The zero-order valence-electron chi connectivity index (χ0n) is 16.5. The van der Waals surface area contributed by atoms with Crippen LogP contribution in [0.3, 0.4) is 0 Å². The Labute approximate surface area is 174 Å². The van der Waals surface area contributed by atoms with Crippen LogP contribution in [-0.4, -0.2) is 26.5 Å². The van der Waals surface area contributed by atoms with Gasteiger partial charge in [-0.2, -0.15) is 0 Å². The van der Waals surface area contributed by atoms with E-state index in [0.29, 0.717) is 17.8 Å². The molecule has 3 aromatic rings. The zero-order valence-corrected chi connectivity index (χ0v) is 17.3. The molecular formula is C22H25FN4OS. The number of halogens is 1. The first-order valence-corrected chi connectivity index (χ1v) is 11.1. The van der Waals surface area contributed by atoms with Crippen LogP contribution in [-0.2, 0) is 10.5 Å². The number of pyridine rings is 1. The number of amides is 1. The number of aromatic nitrogens is 3. The van der Waals surface area contributed by atoms with Crippen molar-refractivity contribution < 1.29 is 9.18 Å². The van der Waals surface area contributed by atoms with Gasteiger partial charge < -0.3 is 5.32 Å². The highest BCUT2D eigenvalue weighted by Gasteiger charge is 2.27. The lowest BCUT2D eigenvalue weighted by Crippen LogP contribution is -2.38. The Kier molecular flexibility index (Phi) is 6.13. The first-order chi connectivity index (χ1) is 14.2. The highest BCUT2D eigenvalue weighted by molar-refractivity contribution is 7.98. The molecule has 1 aliphatic carbocycles. The molecule has 0 unspecified atom stereocenters. The number of benzene rings is 1. The van der Waals surface area contributed by atoms with E-state index in [0.717, 1.165) is 29.1 Å². The van der Waals surface area contributed by atoms with Gasteiger partial charge in [0.1, 0.15) is 17.4 Å². The number of rotatable bonds is 7. The minimum absolute atomic E-state index is 0.0250. The van der Waals surface area contributed by atoms with Gasteiger partial charge in [-0.05, 0) is 49.1 Å². The molecule has 0 aliphatic heterocycles. The SMILES string of the molecule is CC[C@H](C(=O)NC1CCCC1)n1c(SCc2cccc(F)c2)nc2cccnc21. The molecule has 29 heavy (non-hydrogen) atoms. The van der Waals surface area contributed by atoms with Crippen molar-refractivity contribution in [1.82, 2.24) is 19.9 Å². The molecule has 1 fully saturated rings. The van der Waals surface area contributed by atoms with E-state index in [2.05, 4.69) is 10.3 Å². The second-order valence-electron chi connectivity index (χ2n) is 7.44. The van der Waals surface area contributed by atoms with E-state index in [4.69, 9.17) is 4.98 Å². The topological polar surface area (TPSA) is 59.8 Å². The van der Waals surface area contributed by atoms with Gasteiger partial charge in [-0.1, -0.05) is 43.7 Å². The Morgan fingerprint density at radius 2 is 2.14 bits per heavy atom. The second-order valence-corrected chi connectivity index (χ2v) is 8.39. The summed E-state index contributed by atoms with van der Waals surface area (Å²) in [5, 5.41) is 3.95. The van der Waals surface area contributed by atoms with Gasteiger partial charge in [0.2, 0.25) is 5.91 Å². The number of nitrogens with one attached hydrogen (secondary N) is 1. The summed E-state index contributed by atoms with van der Waals surface area (Å²) in [6, 6.07) is 10.2. The van der Waals surface area contributed by atoms with Crippen LogP contribution < -0.4 is 5.32 Å². The lowest BCUT2D eigenvalue weighted by atomic mass is 10.1. The number of fused-ring (bicyclic) bond motifs is 1. The predicted octanol–water partition coefficient (Wildman–Crippen LogP) is 4.87. The fourth-order valence-corrected chi connectivity index (χ4v) is 4.91. The highest BCUT2D eigenvalue weighted by atomic mass is 32.2. The van der Waals surface area contributed by atoms with Crippen LogP contribution in [0, 0.1) is 5.82 Å². The molecule has 1 aliphatic rings. The van der Waals surface area contributed by atoms with E-state index in [1.165, 1.54) is 36.7 Å². The largest absolute Gasteiger partial charge is 0.352 e. The normalized spacial score (nSPS) is 15.7. The molecule has 0 saturated heterocycles. The molecular weight excluding hydrogens is 387 g/mol. The molecule has 5 nitrogen and oxygen atoms in total. The molecule has 0 radical (unpaired) electrons. The number of carbonyl (C=O) groups excluding carboxylic acids is 1. The number of hydrogen-bond acceptors (Lipinski definition) is 4. The van der Waals surface area contributed by atoms with Crippen molar-refractivity contribution >= 4 is 28.8 Å². The van der Waals surface area contributed by atoms with Crippen molar-refractivity contribution in [2.24, 2.45) is 0 Å². The van der Waals surface area contributed by atoms with Crippen LogP contribution in [0.4, 0.5) is 4.39 Å². The molecule has 152 valence electrons. The molecule has 1 aromatic carbocycles. The van der Waals surface area contributed by atoms with Crippen LogP contribution in [0.15, 0.2) is 47.8 Å². The van der Waals surface area contributed by atoms with Gasteiger partial charge in [0.25, 0.3) is 0 Å². The Balaban J connectivity index is 1.63. The minimum atomic E-state index is -0.370. The van der Waals surface area contributed by atoms with Crippen molar-refractivity contribution in [3.63, 3.8) is 0 Å². The third-order valence-corrected chi connectivity index (χ3v) is 6.40. The number of thioether (sulfide) groups is 1. The Bertz CT molecular complexity index is 999. The molecule has 0 spiro atoms. The van der Waals surface area contributed by atoms with Gasteiger partial charge >= 0.3 is 0 Å². The monoisotopic (exact) mass is 412 g/mol. The second kappa shape index (κ2) is 8.95. The van der Waals surface area contributed by atoms with Gasteiger partial charge in [-0.25, -0.2) is 14.4 Å². The first kappa shape index (κ1) is 19.9. The van der Waals surface area contributed by atoms with Gasteiger partial charge in [0.05, 0.1) is 0 Å². The Morgan fingerprint density at radius 3 is 2.90 bits per heavy atom. The first-order valence-electron chi connectivity index (χ1n) is 10.2. The fraction of sp³-hybridized carbons (Fsp3) is 0.409. The number of hydrogen-bond donors (Lipinski definition) is 1. The van der Waals surface area contributed by atoms with E-state index in [9.17, 15) is 9.18 Å². The summed E-state index contributed by atoms with van der Waals surface area (Å²) in [7, 11) is 0. The lowest BCUT2D eigenvalue weighted by Gasteiger charge is -2.21. The maximum Gasteiger partial charge on any atom is 0.243 e. The van der Waals surface area contributed by atoms with E-state index in [1.807, 2.05) is 29.7 Å². The molecule has 1 N–H and O–H groups in total. The minimum Gasteiger partial charge on any atom is -0.352 e. The summed E-state index contributed by atoms with van der Waals surface area (Å²) in [5.41, 5.74) is 2.36. The van der Waals surface area contributed by atoms with Crippen LogP contribution in [0.25, 0.3) is 11.2 Å². The van der Waals surface area contributed by atoms with Crippen molar-refractivity contribution in [2.75, 3.05) is 0 Å². The molecule has 2 heterocycles. The summed E-state index contributed by atoms with van der Waals surface area (Å²) < 4.78 is 15.5. The molecule has 4 rings (SSSR count). The Hall–Kier alpha value is -2.41. The summed E-state index contributed by atoms with van der Waals surface area (Å²) in [5.74, 6) is 0.347. The number of imidazole rings is 1. The quantitative estimate of drug-likeness (QED) is 0.562. The van der Waals surface area contributed by atoms with Gasteiger partial charge in [0.15, 0.2) is 10.8 Å². The highest BCUT2D eigenvalue weighted by Crippen LogP contribution is 2.31. The van der Waals surface area contributed by atoms with E-state index in [1.54, 1.807) is 12.3 Å². The maximum absolute atomic E-state index is 13.5. The predicted molar refractivity (Wildman–Crippen MR) is 113 cm³/mol. The summed E-state index contributed by atoms with van der Waals surface area (Å²) in [6.07, 6.45) is 6.81. The number of carbonyl (C=O) groups is 1. The summed E-state index contributed by atoms with van der Waals surface area (Å²) in [6.45, 7) is 2.01. The van der Waals surface area contributed by atoms with Crippen LogP contribution >= 0.6 is 11.8 Å². The van der Waals surface area contributed by atoms with Crippen LogP contribution in [0.5, 0.6) is 0 Å². The smallest absolute Gasteiger partial charge is 0.243 e. The van der Waals surface area contributed by atoms with E-state index >= 15 is 0 Å². The number of nitrogens with zero attached hydrogens (tertiary/aromatic N) is 3.